The highest BCUT2D eigenvalue weighted by Crippen LogP contribution is 2.26. The summed E-state index contributed by atoms with van der Waals surface area (Å²) in [6, 6.07) is 7.20. The van der Waals surface area contributed by atoms with Crippen LogP contribution < -0.4 is 10.6 Å². The lowest BCUT2D eigenvalue weighted by Gasteiger charge is -2.26. The maximum Gasteiger partial charge on any atom is 0.293 e. The van der Waals surface area contributed by atoms with Gasteiger partial charge in [0.2, 0.25) is 5.69 Å². The first-order valence-electron chi connectivity index (χ1n) is 10.4. The van der Waals surface area contributed by atoms with Crippen LogP contribution in [-0.2, 0) is 17.4 Å². The number of amides is 2. The molecule has 3 aromatic rings. The largest absolute Gasteiger partial charge is 0.343 e. The molecule has 174 valence electrons. The SMILES string of the molecule is [C-]#[N+]c1cc(NC(=O)c2c(C)c(C(=O)C(=O)NC(C)(C)c3cccnc3)c(C)n2C)ccc1F. The lowest BCUT2D eigenvalue weighted by molar-refractivity contribution is -0.118. The van der Waals surface area contributed by atoms with Gasteiger partial charge in [0.15, 0.2) is 0 Å². The van der Waals surface area contributed by atoms with Gasteiger partial charge in [0, 0.05) is 30.8 Å². The lowest BCUT2D eigenvalue weighted by atomic mass is 9.95. The second kappa shape index (κ2) is 9.27. The van der Waals surface area contributed by atoms with Gasteiger partial charge in [-0.05, 0) is 63.1 Å². The maximum atomic E-state index is 13.6. The van der Waals surface area contributed by atoms with Gasteiger partial charge in [0.1, 0.15) is 11.5 Å². The molecular weight excluding hydrogens is 437 g/mol. The number of hydrogen-bond donors (Lipinski definition) is 2. The van der Waals surface area contributed by atoms with Crippen molar-refractivity contribution in [2.24, 2.45) is 7.05 Å². The zero-order chi connectivity index (χ0) is 25.2. The summed E-state index contributed by atoms with van der Waals surface area (Å²) >= 11 is 0. The number of halogens is 1. The molecule has 0 bridgehead atoms. The minimum Gasteiger partial charge on any atom is -0.343 e. The number of nitrogens with zero attached hydrogens (tertiary/aromatic N) is 3. The van der Waals surface area contributed by atoms with Crippen molar-refractivity contribution in [1.29, 1.82) is 0 Å². The first kappa shape index (κ1) is 24.3. The number of ketones is 1. The highest BCUT2D eigenvalue weighted by atomic mass is 19.1. The number of Topliss-reactive ketones (excluding diaryl/α,β-unsaturated/α-hetero) is 1. The molecule has 0 saturated carbocycles. The van der Waals surface area contributed by atoms with Crippen LogP contribution in [0, 0.1) is 26.2 Å². The average molecular weight is 461 g/mol. The molecule has 0 aliphatic carbocycles. The van der Waals surface area contributed by atoms with Crippen LogP contribution in [0.3, 0.4) is 0 Å². The third-order valence-corrected chi connectivity index (χ3v) is 5.71. The number of aromatic nitrogens is 2. The molecule has 0 radical (unpaired) electrons. The maximum absolute atomic E-state index is 13.6. The van der Waals surface area contributed by atoms with Crippen molar-refractivity contribution < 1.29 is 18.8 Å². The summed E-state index contributed by atoms with van der Waals surface area (Å²) in [5, 5.41) is 5.36. The van der Waals surface area contributed by atoms with Gasteiger partial charge in [-0.15, -0.1) is 0 Å². The summed E-state index contributed by atoms with van der Waals surface area (Å²) in [7, 11) is 1.61. The van der Waals surface area contributed by atoms with Gasteiger partial charge >= 0.3 is 0 Å². The standard InChI is InChI=1S/C25H24FN5O3/c1-14-20(22(32)24(34)30-25(3,4)16-8-7-11-28-13-16)15(2)31(6)21(14)23(33)29-17-9-10-18(26)19(12-17)27-5/h7-13H,1-4,6H3,(H,29,33)(H,30,34). The van der Waals surface area contributed by atoms with Gasteiger partial charge in [-0.2, -0.15) is 0 Å². The summed E-state index contributed by atoms with van der Waals surface area (Å²) in [5.74, 6) is -2.82. The molecule has 2 heterocycles. The fourth-order valence-electron chi connectivity index (χ4n) is 3.76. The highest BCUT2D eigenvalue weighted by Gasteiger charge is 2.32. The van der Waals surface area contributed by atoms with Crippen LogP contribution in [0.15, 0.2) is 42.7 Å². The Morgan fingerprint density at radius 2 is 1.88 bits per heavy atom. The Bertz CT molecular complexity index is 1340. The smallest absolute Gasteiger partial charge is 0.293 e. The first-order chi connectivity index (χ1) is 16.0. The molecule has 9 heteroatoms. The van der Waals surface area contributed by atoms with E-state index in [1.807, 2.05) is 0 Å². The molecular formula is C25H24FN5O3. The van der Waals surface area contributed by atoms with Crippen molar-refractivity contribution in [3.8, 4) is 0 Å². The van der Waals surface area contributed by atoms with E-state index in [-0.39, 0.29) is 22.6 Å². The van der Waals surface area contributed by atoms with Crippen molar-refractivity contribution in [2.45, 2.75) is 33.2 Å². The molecule has 1 aromatic carbocycles. The highest BCUT2D eigenvalue weighted by molar-refractivity contribution is 6.43. The summed E-state index contributed by atoms with van der Waals surface area (Å²) in [5.41, 5.74) is 0.993. The summed E-state index contributed by atoms with van der Waals surface area (Å²) in [6.07, 6.45) is 3.23. The zero-order valence-corrected chi connectivity index (χ0v) is 19.5. The zero-order valence-electron chi connectivity index (χ0n) is 19.5. The molecule has 0 aliphatic rings. The lowest BCUT2D eigenvalue weighted by Crippen LogP contribution is -2.44. The molecule has 8 nitrogen and oxygen atoms in total. The van der Waals surface area contributed by atoms with E-state index in [0.29, 0.717) is 11.3 Å². The second-order valence-corrected chi connectivity index (χ2v) is 8.38. The second-order valence-electron chi connectivity index (χ2n) is 8.38. The molecule has 2 amide bonds. The van der Waals surface area contributed by atoms with Crippen LogP contribution in [0.4, 0.5) is 15.8 Å². The van der Waals surface area contributed by atoms with Crippen molar-refractivity contribution in [3.63, 3.8) is 0 Å². The Kier molecular flexibility index (Phi) is 6.63. The Balaban J connectivity index is 1.88. The van der Waals surface area contributed by atoms with E-state index in [1.54, 1.807) is 59.3 Å². The van der Waals surface area contributed by atoms with Crippen molar-refractivity contribution in [2.75, 3.05) is 5.32 Å². The van der Waals surface area contributed by atoms with Crippen LogP contribution in [-0.4, -0.2) is 27.1 Å². The molecule has 3 rings (SSSR count). The van der Waals surface area contributed by atoms with E-state index >= 15 is 0 Å². The third-order valence-electron chi connectivity index (χ3n) is 5.71. The van der Waals surface area contributed by atoms with Crippen LogP contribution in [0.2, 0.25) is 0 Å². The Morgan fingerprint density at radius 1 is 1.18 bits per heavy atom. The number of anilines is 1. The Morgan fingerprint density at radius 3 is 2.50 bits per heavy atom. The molecule has 34 heavy (non-hydrogen) atoms. The van der Waals surface area contributed by atoms with Gasteiger partial charge in [-0.25, -0.2) is 9.24 Å². The number of benzene rings is 1. The summed E-state index contributed by atoms with van der Waals surface area (Å²) < 4.78 is 15.1. The first-order valence-corrected chi connectivity index (χ1v) is 10.4. The Labute approximate surface area is 196 Å². The number of rotatable bonds is 6. The molecule has 0 saturated heterocycles. The molecule has 0 spiro atoms. The number of nitrogens with one attached hydrogen (secondary N) is 2. The fraction of sp³-hybridized carbons (Fsp3) is 0.240. The van der Waals surface area contributed by atoms with Gasteiger partial charge in [-0.1, -0.05) is 6.07 Å². The average Bonchev–Trinajstić information content (AvgIpc) is 3.02. The summed E-state index contributed by atoms with van der Waals surface area (Å²) in [4.78, 5) is 46.1. The van der Waals surface area contributed by atoms with Crippen LogP contribution in [0.1, 0.15) is 51.5 Å². The van der Waals surface area contributed by atoms with Gasteiger partial charge in [0.05, 0.1) is 17.7 Å². The van der Waals surface area contributed by atoms with E-state index in [2.05, 4.69) is 20.5 Å². The van der Waals surface area contributed by atoms with Crippen molar-refractivity contribution in [1.82, 2.24) is 14.9 Å². The third kappa shape index (κ3) is 4.57. The molecule has 2 N–H and O–H groups in total. The van der Waals surface area contributed by atoms with E-state index in [4.69, 9.17) is 6.57 Å². The summed E-state index contributed by atoms with van der Waals surface area (Å²) in [6.45, 7) is 13.8. The van der Waals surface area contributed by atoms with Gasteiger partial charge in [-0.3, -0.25) is 19.4 Å². The van der Waals surface area contributed by atoms with Crippen LogP contribution >= 0.6 is 0 Å². The minimum atomic E-state index is -0.846. The van der Waals surface area contributed by atoms with E-state index in [9.17, 15) is 18.8 Å². The normalized spacial score (nSPS) is 11.0. The number of carbonyl (C=O) groups is 3. The minimum absolute atomic E-state index is 0.132. The number of carbonyl (C=O) groups excluding carboxylic acids is 3. The van der Waals surface area contributed by atoms with E-state index < -0.39 is 29.0 Å². The van der Waals surface area contributed by atoms with Crippen LogP contribution in [0.25, 0.3) is 4.85 Å². The molecule has 0 fully saturated rings. The fourth-order valence-corrected chi connectivity index (χ4v) is 3.76. The molecule has 0 aliphatic heterocycles. The Hall–Kier alpha value is -4.32. The van der Waals surface area contributed by atoms with Gasteiger partial charge < -0.3 is 15.2 Å². The molecule has 0 unspecified atom stereocenters. The van der Waals surface area contributed by atoms with Crippen LogP contribution in [0.5, 0.6) is 0 Å². The van der Waals surface area contributed by atoms with E-state index in [0.717, 1.165) is 11.6 Å². The predicted octanol–water partition coefficient (Wildman–Crippen LogP) is 4.21. The van der Waals surface area contributed by atoms with Gasteiger partial charge in [0.25, 0.3) is 17.6 Å². The number of hydrogen-bond acceptors (Lipinski definition) is 4. The van der Waals surface area contributed by atoms with Crippen molar-refractivity contribution >= 4 is 29.0 Å². The molecule has 0 atom stereocenters. The topological polar surface area (TPSA) is 97.4 Å². The quantitative estimate of drug-likeness (QED) is 0.326. The van der Waals surface area contributed by atoms with E-state index in [1.165, 1.54) is 16.7 Å². The monoisotopic (exact) mass is 461 g/mol. The van der Waals surface area contributed by atoms with Crippen molar-refractivity contribution in [3.05, 3.63) is 88.0 Å². The predicted molar refractivity (Wildman–Crippen MR) is 125 cm³/mol. The number of pyridine rings is 1. The molecule has 2 aromatic heterocycles.